The standard InChI is InChI=1S/C16H22N4O/c1-11(2)18-16(21)13-5-7-15(8-6-13)17-9-14-10-20(4)19-12(14)3/h5-8,10-11,17H,9H2,1-4H3,(H,18,21). The molecule has 2 rings (SSSR count). The van der Waals surface area contributed by atoms with Crippen LogP contribution in [0.15, 0.2) is 30.5 Å². The van der Waals surface area contributed by atoms with Crippen molar-refractivity contribution in [3.8, 4) is 0 Å². The Hall–Kier alpha value is -2.30. The zero-order valence-corrected chi connectivity index (χ0v) is 13.0. The summed E-state index contributed by atoms with van der Waals surface area (Å²) in [5.41, 5.74) is 3.85. The molecule has 0 saturated heterocycles. The Kier molecular flexibility index (Phi) is 4.62. The highest BCUT2D eigenvalue weighted by Gasteiger charge is 2.07. The number of aromatic nitrogens is 2. The Morgan fingerprint density at radius 1 is 1.29 bits per heavy atom. The third kappa shape index (κ3) is 4.08. The maximum atomic E-state index is 11.9. The number of amides is 1. The van der Waals surface area contributed by atoms with Gasteiger partial charge in [-0.05, 0) is 45.0 Å². The van der Waals surface area contributed by atoms with Gasteiger partial charge in [0.1, 0.15) is 0 Å². The molecule has 1 aromatic heterocycles. The van der Waals surface area contributed by atoms with Crippen molar-refractivity contribution in [3.05, 3.63) is 47.3 Å². The molecule has 0 aliphatic heterocycles. The quantitative estimate of drug-likeness (QED) is 0.887. The number of aryl methyl sites for hydroxylation is 2. The number of rotatable bonds is 5. The molecule has 5 nitrogen and oxygen atoms in total. The Balaban J connectivity index is 1.96. The van der Waals surface area contributed by atoms with Gasteiger partial charge in [0.05, 0.1) is 5.69 Å². The van der Waals surface area contributed by atoms with Crippen LogP contribution in [0.1, 0.15) is 35.5 Å². The maximum Gasteiger partial charge on any atom is 0.251 e. The van der Waals surface area contributed by atoms with Crippen molar-refractivity contribution >= 4 is 11.6 Å². The predicted molar refractivity (Wildman–Crippen MR) is 84.3 cm³/mol. The highest BCUT2D eigenvalue weighted by Crippen LogP contribution is 2.12. The van der Waals surface area contributed by atoms with Gasteiger partial charge in [0.25, 0.3) is 5.91 Å². The monoisotopic (exact) mass is 286 g/mol. The van der Waals surface area contributed by atoms with Crippen LogP contribution in [-0.4, -0.2) is 21.7 Å². The average Bonchev–Trinajstić information content (AvgIpc) is 2.74. The maximum absolute atomic E-state index is 11.9. The summed E-state index contributed by atoms with van der Waals surface area (Å²) < 4.78 is 1.81. The second kappa shape index (κ2) is 6.43. The fourth-order valence-corrected chi connectivity index (χ4v) is 2.10. The first-order chi connectivity index (χ1) is 9.95. The summed E-state index contributed by atoms with van der Waals surface area (Å²) in [5.74, 6) is -0.0420. The molecule has 112 valence electrons. The zero-order valence-electron chi connectivity index (χ0n) is 13.0. The lowest BCUT2D eigenvalue weighted by molar-refractivity contribution is 0.0943. The van der Waals surface area contributed by atoms with E-state index in [4.69, 9.17) is 0 Å². The van der Waals surface area contributed by atoms with Gasteiger partial charge in [-0.2, -0.15) is 5.10 Å². The van der Waals surface area contributed by atoms with Crippen molar-refractivity contribution in [1.82, 2.24) is 15.1 Å². The number of anilines is 1. The summed E-state index contributed by atoms with van der Waals surface area (Å²) in [6, 6.07) is 7.64. The number of hydrogen-bond donors (Lipinski definition) is 2. The number of carbonyl (C=O) groups is 1. The zero-order chi connectivity index (χ0) is 15.4. The summed E-state index contributed by atoms with van der Waals surface area (Å²) in [4.78, 5) is 11.9. The summed E-state index contributed by atoms with van der Waals surface area (Å²) in [6.45, 7) is 6.61. The number of hydrogen-bond acceptors (Lipinski definition) is 3. The van der Waals surface area contributed by atoms with E-state index in [1.165, 1.54) is 5.56 Å². The van der Waals surface area contributed by atoms with Gasteiger partial charge >= 0.3 is 0 Å². The average molecular weight is 286 g/mol. The summed E-state index contributed by atoms with van der Waals surface area (Å²) in [5, 5.41) is 10.5. The first-order valence-electron chi connectivity index (χ1n) is 7.09. The topological polar surface area (TPSA) is 59.0 Å². The molecular weight excluding hydrogens is 264 g/mol. The molecule has 2 N–H and O–H groups in total. The number of benzene rings is 1. The predicted octanol–water partition coefficient (Wildman–Crippen LogP) is 2.48. The molecule has 0 atom stereocenters. The Morgan fingerprint density at radius 3 is 2.48 bits per heavy atom. The third-order valence-corrected chi connectivity index (χ3v) is 3.16. The molecule has 1 amide bonds. The van der Waals surface area contributed by atoms with E-state index in [-0.39, 0.29) is 11.9 Å². The minimum atomic E-state index is -0.0420. The first kappa shape index (κ1) is 15.1. The van der Waals surface area contributed by atoms with E-state index < -0.39 is 0 Å². The van der Waals surface area contributed by atoms with Crippen molar-refractivity contribution in [1.29, 1.82) is 0 Å². The fraction of sp³-hybridized carbons (Fsp3) is 0.375. The largest absolute Gasteiger partial charge is 0.381 e. The second-order valence-electron chi connectivity index (χ2n) is 5.47. The SMILES string of the molecule is Cc1nn(C)cc1CNc1ccc(C(=O)NC(C)C)cc1. The van der Waals surface area contributed by atoms with Crippen molar-refractivity contribution < 1.29 is 4.79 Å². The highest BCUT2D eigenvalue weighted by molar-refractivity contribution is 5.94. The van der Waals surface area contributed by atoms with Gasteiger partial charge in [-0.25, -0.2) is 0 Å². The smallest absolute Gasteiger partial charge is 0.251 e. The molecule has 0 aliphatic rings. The molecule has 0 unspecified atom stereocenters. The minimum Gasteiger partial charge on any atom is -0.381 e. The molecule has 1 heterocycles. The van der Waals surface area contributed by atoms with Crippen LogP contribution in [0.5, 0.6) is 0 Å². The van der Waals surface area contributed by atoms with Gasteiger partial charge in [-0.1, -0.05) is 0 Å². The molecule has 0 bridgehead atoms. The Bertz CT molecular complexity index is 614. The lowest BCUT2D eigenvalue weighted by Gasteiger charge is -2.09. The van der Waals surface area contributed by atoms with Crippen molar-refractivity contribution in [2.24, 2.45) is 7.05 Å². The summed E-state index contributed by atoms with van der Waals surface area (Å²) in [6.07, 6.45) is 2.01. The number of nitrogens with one attached hydrogen (secondary N) is 2. The van der Waals surface area contributed by atoms with Crippen molar-refractivity contribution in [3.63, 3.8) is 0 Å². The molecule has 0 saturated carbocycles. The number of carbonyl (C=O) groups excluding carboxylic acids is 1. The van der Waals surface area contributed by atoms with Crippen LogP contribution in [-0.2, 0) is 13.6 Å². The van der Waals surface area contributed by atoms with E-state index in [9.17, 15) is 4.79 Å². The van der Waals surface area contributed by atoms with E-state index in [0.717, 1.165) is 17.9 Å². The van der Waals surface area contributed by atoms with E-state index in [2.05, 4.69) is 15.7 Å². The molecular formula is C16H22N4O. The molecule has 2 aromatic rings. The molecule has 1 aromatic carbocycles. The third-order valence-electron chi connectivity index (χ3n) is 3.16. The van der Waals surface area contributed by atoms with Crippen LogP contribution in [0.3, 0.4) is 0 Å². The van der Waals surface area contributed by atoms with Crippen LogP contribution in [0.25, 0.3) is 0 Å². The molecule has 0 radical (unpaired) electrons. The van der Waals surface area contributed by atoms with E-state index in [1.54, 1.807) is 0 Å². The van der Waals surface area contributed by atoms with Gasteiger partial charge in [0, 0.05) is 42.6 Å². The summed E-state index contributed by atoms with van der Waals surface area (Å²) >= 11 is 0. The lowest BCUT2D eigenvalue weighted by atomic mass is 10.1. The highest BCUT2D eigenvalue weighted by atomic mass is 16.1. The fourth-order valence-electron chi connectivity index (χ4n) is 2.10. The lowest BCUT2D eigenvalue weighted by Crippen LogP contribution is -2.29. The van der Waals surface area contributed by atoms with Crippen LogP contribution in [0, 0.1) is 6.92 Å². The minimum absolute atomic E-state index is 0.0420. The van der Waals surface area contributed by atoms with Crippen LogP contribution >= 0.6 is 0 Å². The number of nitrogens with zero attached hydrogens (tertiary/aromatic N) is 2. The Morgan fingerprint density at radius 2 is 1.95 bits per heavy atom. The molecule has 5 heteroatoms. The van der Waals surface area contributed by atoms with Crippen LogP contribution in [0.2, 0.25) is 0 Å². The van der Waals surface area contributed by atoms with Crippen molar-refractivity contribution in [2.45, 2.75) is 33.4 Å². The Labute approximate surface area is 125 Å². The first-order valence-corrected chi connectivity index (χ1v) is 7.09. The normalized spacial score (nSPS) is 10.7. The van der Waals surface area contributed by atoms with E-state index >= 15 is 0 Å². The summed E-state index contributed by atoms with van der Waals surface area (Å²) in [7, 11) is 1.92. The molecule has 0 spiro atoms. The molecule has 0 fully saturated rings. The van der Waals surface area contributed by atoms with Gasteiger partial charge in [-0.3, -0.25) is 9.48 Å². The molecule has 0 aliphatic carbocycles. The van der Waals surface area contributed by atoms with Gasteiger partial charge < -0.3 is 10.6 Å². The van der Waals surface area contributed by atoms with E-state index in [1.807, 2.05) is 63.0 Å². The second-order valence-corrected chi connectivity index (χ2v) is 5.47. The van der Waals surface area contributed by atoms with Crippen LogP contribution in [0.4, 0.5) is 5.69 Å². The van der Waals surface area contributed by atoms with E-state index in [0.29, 0.717) is 5.56 Å². The van der Waals surface area contributed by atoms with Crippen molar-refractivity contribution in [2.75, 3.05) is 5.32 Å². The van der Waals surface area contributed by atoms with Gasteiger partial charge in [0.15, 0.2) is 0 Å². The van der Waals surface area contributed by atoms with Gasteiger partial charge in [0.2, 0.25) is 0 Å². The van der Waals surface area contributed by atoms with Crippen LogP contribution < -0.4 is 10.6 Å². The molecule has 21 heavy (non-hydrogen) atoms. The van der Waals surface area contributed by atoms with Gasteiger partial charge in [-0.15, -0.1) is 0 Å².